The summed E-state index contributed by atoms with van der Waals surface area (Å²) in [6.07, 6.45) is -1.01. The Morgan fingerprint density at radius 1 is 1.42 bits per heavy atom. The van der Waals surface area contributed by atoms with Crippen LogP contribution < -0.4 is 4.90 Å². The minimum atomic E-state index is -1.01. The van der Waals surface area contributed by atoms with Crippen molar-refractivity contribution < 1.29 is 18.7 Å². The van der Waals surface area contributed by atoms with E-state index in [1.165, 1.54) is 4.90 Å². The van der Waals surface area contributed by atoms with Gasteiger partial charge in [0.25, 0.3) is 0 Å². The molecule has 1 N–H and O–H groups in total. The SMILES string of the molecule is C[C@H]1CN(C(=O)O)CCN1c1nc(Cl)nc2c(F)c(Br)c(F)cc12. The van der Waals surface area contributed by atoms with Gasteiger partial charge in [-0.25, -0.2) is 18.6 Å². The topological polar surface area (TPSA) is 69.6 Å². The van der Waals surface area contributed by atoms with Crippen molar-refractivity contribution in [1.29, 1.82) is 0 Å². The third-order valence-electron chi connectivity index (χ3n) is 3.95. The highest BCUT2D eigenvalue weighted by Gasteiger charge is 2.29. The maximum atomic E-state index is 14.3. The van der Waals surface area contributed by atoms with Crippen molar-refractivity contribution in [3.8, 4) is 0 Å². The van der Waals surface area contributed by atoms with Crippen LogP contribution in [0.15, 0.2) is 10.5 Å². The summed E-state index contributed by atoms with van der Waals surface area (Å²) in [5.41, 5.74) is -0.0915. The first kappa shape index (κ1) is 17.1. The van der Waals surface area contributed by atoms with Crippen LogP contribution in [0.4, 0.5) is 19.4 Å². The van der Waals surface area contributed by atoms with Crippen LogP contribution in [0.5, 0.6) is 0 Å². The highest BCUT2D eigenvalue weighted by molar-refractivity contribution is 9.10. The lowest BCUT2D eigenvalue weighted by Gasteiger charge is -2.39. The molecule has 0 unspecified atom stereocenters. The zero-order valence-corrected chi connectivity index (χ0v) is 14.8. The number of halogens is 4. The average Bonchev–Trinajstić information content (AvgIpc) is 2.53. The van der Waals surface area contributed by atoms with Crippen LogP contribution in [0.2, 0.25) is 5.28 Å². The fourth-order valence-electron chi connectivity index (χ4n) is 2.80. The molecule has 0 saturated carbocycles. The Balaban J connectivity index is 2.11. The highest BCUT2D eigenvalue weighted by atomic mass is 79.9. The molecular weight excluding hydrogens is 410 g/mol. The second-order valence-corrected chi connectivity index (χ2v) is 6.60. The number of carboxylic acid groups (broad SMARTS) is 1. The van der Waals surface area contributed by atoms with Crippen molar-refractivity contribution >= 4 is 50.3 Å². The molecule has 6 nitrogen and oxygen atoms in total. The van der Waals surface area contributed by atoms with Gasteiger partial charge in [0.1, 0.15) is 17.2 Å². The Labute approximate surface area is 149 Å². The molecular formula is C14H12BrClF2N4O2. The van der Waals surface area contributed by atoms with Crippen LogP contribution in [-0.2, 0) is 0 Å². The largest absolute Gasteiger partial charge is 0.465 e. The Kier molecular flexibility index (Phi) is 4.48. The molecule has 1 fully saturated rings. The third kappa shape index (κ3) is 2.86. The molecule has 1 aliphatic rings. The molecule has 1 saturated heterocycles. The number of piperazine rings is 1. The number of benzene rings is 1. The molecule has 1 aromatic heterocycles. The molecule has 0 bridgehead atoms. The quantitative estimate of drug-likeness (QED) is 0.564. The first-order valence-electron chi connectivity index (χ1n) is 7.05. The van der Waals surface area contributed by atoms with E-state index in [0.29, 0.717) is 6.54 Å². The van der Waals surface area contributed by atoms with Gasteiger partial charge in [-0.3, -0.25) is 0 Å². The molecule has 128 valence electrons. The third-order valence-corrected chi connectivity index (χ3v) is 4.85. The molecule has 3 rings (SSSR count). The van der Waals surface area contributed by atoms with Crippen molar-refractivity contribution in [2.45, 2.75) is 13.0 Å². The lowest BCUT2D eigenvalue weighted by molar-refractivity contribution is 0.136. The first-order valence-corrected chi connectivity index (χ1v) is 8.22. The summed E-state index contributed by atoms with van der Waals surface area (Å²) in [5, 5.41) is 9.11. The van der Waals surface area contributed by atoms with Gasteiger partial charge in [0.05, 0.1) is 4.47 Å². The molecule has 1 atom stereocenters. The molecule has 24 heavy (non-hydrogen) atoms. The molecule has 1 aromatic carbocycles. The van der Waals surface area contributed by atoms with E-state index < -0.39 is 17.7 Å². The van der Waals surface area contributed by atoms with Crippen LogP contribution in [0.1, 0.15) is 6.92 Å². The Bertz CT molecular complexity index is 838. The normalized spacial score (nSPS) is 18.3. The molecule has 2 heterocycles. The number of hydrogen-bond donors (Lipinski definition) is 1. The van der Waals surface area contributed by atoms with E-state index in [-0.39, 0.29) is 45.6 Å². The molecule has 1 aliphatic heterocycles. The number of fused-ring (bicyclic) bond motifs is 1. The van der Waals surface area contributed by atoms with E-state index in [4.69, 9.17) is 16.7 Å². The lowest BCUT2D eigenvalue weighted by atomic mass is 10.1. The standard InChI is InChI=1S/C14H12BrClF2N4O2/c1-6-5-21(14(23)24)2-3-22(6)12-7-4-8(17)9(15)10(18)11(7)19-13(16)20-12/h4,6H,2-3,5H2,1H3,(H,23,24)/t6-/m0/s1. The number of anilines is 1. The van der Waals surface area contributed by atoms with Crippen molar-refractivity contribution in [3.05, 3.63) is 27.5 Å². The second-order valence-electron chi connectivity index (χ2n) is 5.47. The van der Waals surface area contributed by atoms with Gasteiger partial charge in [0.15, 0.2) is 5.82 Å². The van der Waals surface area contributed by atoms with Crippen LogP contribution in [0, 0.1) is 11.6 Å². The molecule has 0 aliphatic carbocycles. The lowest BCUT2D eigenvalue weighted by Crippen LogP contribution is -2.53. The summed E-state index contributed by atoms with van der Waals surface area (Å²) >= 11 is 8.75. The Morgan fingerprint density at radius 3 is 2.75 bits per heavy atom. The zero-order valence-electron chi connectivity index (χ0n) is 12.4. The summed E-state index contributed by atoms with van der Waals surface area (Å²) in [4.78, 5) is 22.1. The van der Waals surface area contributed by atoms with Crippen LogP contribution in [-0.4, -0.2) is 51.7 Å². The molecule has 1 amide bonds. The van der Waals surface area contributed by atoms with Gasteiger partial charge in [-0.1, -0.05) is 0 Å². The summed E-state index contributed by atoms with van der Waals surface area (Å²) < 4.78 is 27.9. The van der Waals surface area contributed by atoms with Crippen LogP contribution in [0.3, 0.4) is 0 Å². The van der Waals surface area contributed by atoms with Gasteiger partial charge in [-0.05, 0) is 40.5 Å². The van der Waals surface area contributed by atoms with E-state index in [9.17, 15) is 13.6 Å². The summed E-state index contributed by atoms with van der Waals surface area (Å²) in [7, 11) is 0. The minimum absolute atomic E-state index is 0.0915. The second kappa shape index (κ2) is 6.29. The highest BCUT2D eigenvalue weighted by Crippen LogP contribution is 2.34. The molecule has 0 spiro atoms. The smallest absolute Gasteiger partial charge is 0.407 e. The van der Waals surface area contributed by atoms with Gasteiger partial charge in [0, 0.05) is 31.1 Å². The van der Waals surface area contributed by atoms with E-state index >= 15 is 0 Å². The first-order chi connectivity index (χ1) is 11.3. The van der Waals surface area contributed by atoms with Crippen molar-refractivity contribution in [3.63, 3.8) is 0 Å². The average molecular weight is 422 g/mol. The molecule has 2 aromatic rings. The van der Waals surface area contributed by atoms with Crippen molar-refractivity contribution in [2.75, 3.05) is 24.5 Å². The Morgan fingerprint density at radius 2 is 2.12 bits per heavy atom. The number of carbonyl (C=O) groups is 1. The summed E-state index contributed by atoms with van der Waals surface area (Å²) in [6.45, 7) is 2.64. The summed E-state index contributed by atoms with van der Waals surface area (Å²) in [5.74, 6) is -1.34. The van der Waals surface area contributed by atoms with Gasteiger partial charge in [-0.15, -0.1) is 0 Å². The van der Waals surface area contributed by atoms with Gasteiger partial charge >= 0.3 is 6.09 Å². The number of aromatic nitrogens is 2. The van der Waals surface area contributed by atoms with E-state index in [2.05, 4.69) is 25.9 Å². The monoisotopic (exact) mass is 420 g/mol. The number of hydrogen-bond acceptors (Lipinski definition) is 4. The summed E-state index contributed by atoms with van der Waals surface area (Å²) in [6, 6.07) is 0.906. The van der Waals surface area contributed by atoms with Crippen LogP contribution >= 0.6 is 27.5 Å². The number of rotatable bonds is 1. The predicted molar refractivity (Wildman–Crippen MR) is 88.6 cm³/mol. The van der Waals surface area contributed by atoms with E-state index in [1.807, 2.05) is 6.92 Å². The Hall–Kier alpha value is -1.74. The van der Waals surface area contributed by atoms with Gasteiger partial charge in [-0.2, -0.15) is 4.98 Å². The van der Waals surface area contributed by atoms with E-state index in [1.54, 1.807) is 4.90 Å². The van der Waals surface area contributed by atoms with Crippen LogP contribution in [0.25, 0.3) is 10.9 Å². The maximum Gasteiger partial charge on any atom is 0.407 e. The van der Waals surface area contributed by atoms with Gasteiger partial charge < -0.3 is 14.9 Å². The minimum Gasteiger partial charge on any atom is -0.465 e. The van der Waals surface area contributed by atoms with Crippen molar-refractivity contribution in [2.24, 2.45) is 0 Å². The maximum absolute atomic E-state index is 14.3. The van der Waals surface area contributed by atoms with E-state index in [0.717, 1.165) is 6.07 Å². The number of amides is 1. The van der Waals surface area contributed by atoms with Gasteiger partial charge in [0.2, 0.25) is 5.28 Å². The fourth-order valence-corrected chi connectivity index (χ4v) is 3.26. The fraction of sp³-hybridized carbons (Fsp3) is 0.357. The molecule has 0 radical (unpaired) electrons. The predicted octanol–water partition coefficient (Wildman–Crippen LogP) is 3.51. The molecule has 10 heteroatoms. The number of nitrogens with zero attached hydrogens (tertiary/aromatic N) is 4. The zero-order chi connectivity index (χ0) is 17.6. The van der Waals surface area contributed by atoms with Crippen molar-refractivity contribution in [1.82, 2.24) is 14.9 Å².